The number of anilines is 2. The first-order valence-electron chi connectivity index (χ1n) is 8.82. The molecule has 2 aromatic rings. The maximum atomic E-state index is 12.4. The zero-order valence-electron chi connectivity index (χ0n) is 15.2. The van der Waals surface area contributed by atoms with Crippen molar-refractivity contribution in [1.29, 1.82) is 0 Å². The summed E-state index contributed by atoms with van der Waals surface area (Å²) in [6.07, 6.45) is 0. The van der Waals surface area contributed by atoms with Gasteiger partial charge in [-0.05, 0) is 18.2 Å². The Hall–Kier alpha value is -3.13. The third kappa shape index (κ3) is 4.73. The van der Waals surface area contributed by atoms with Crippen LogP contribution in [0.3, 0.4) is 0 Å². The van der Waals surface area contributed by atoms with Crippen molar-refractivity contribution in [2.75, 3.05) is 50.1 Å². The first kappa shape index (κ1) is 18.7. The lowest BCUT2D eigenvalue weighted by Crippen LogP contribution is -3.15. The van der Waals surface area contributed by atoms with Crippen molar-refractivity contribution in [2.24, 2.45) is 0 Å². The number of rotatable bonds is 6. The Morgan fingerprint density at radius 1 is 1.22 bits per heavy atom. The van der Waals surface area contributed by atoms with Crippen molar-refractivity contribution in [1.82, 2.24) is 0 Å². The van der Waals surface area contributed by atoms with Crippen LogP contribution in [0.1, 0.15) is 0 Å². The molecule has 1 aliphatic rings. The maximum absolute atomic E-state index is 12.4. The van der Waals surface area contributed by atoms with Gasteiger partial charge in [0.15, 0.2) is 6.54 Å². The number of amides is 1. The number of hydrogen-bond donors (Lipinski definition) is 2. The molecule has 8 heteroatoms. The summed E-state index contributed by atoms with van der Waals surface area (Å²) in [7, 11) is 1.46. The number of non-ortho nitro benzene ring substituents is 1. The van der Waals surface area contributed by atoms with Crippen LogP contribution >= 0.6 is 0 Å². The summed E-state index contributed by atoms with van der Waals surface area (Å²) >= 11 is 0. The Bertz CT molecular complexity index is 805. The van der Waals surface area contributed by atoms with Gasteiger partial charge in [0.25, 0.3) is 11.6 Å². The molecule has 0 saturated carbocycles. The molecule has 0 unspecified atom stereocenters. The molecule has 0 atom stereocenters. The zero-order chi connectivity index (χ0) is 19.2. The van der Waals surface area contributed by atoms with Gasteiger partial charge in [0.05, 0.1) is 43.9 Å². The van der Waals surface area contributed by atoms with E-state index in [2.05, 4.69) is 22.3 Å². The first-order chi connectivity index (χ1) is 13.1. The minimum Gasteiger partial charge on any atom is -0.495 e. The summed E-state index contributed by atoms with van der Waals surface area (Å²) in [4.78, 5) is 26.4. The van der Waals surface area contributed by atoms with Crippen LogP contribution < -0.4 is 19.9 Å². The van der Waals surface area contributed by atoms with Crippen LogP contribution in [-0.4, -0.2) is 50.7 Å². The Balaban J connectivity index is 1.56. The number of para-hydroxylation sites is 1. The average Bonchev–Trinajstić information content (AvgIpc) is 2.69. The molecule has 2 N–H and O–H groups in total. The number of hydrogen-bond acceptors (Lipinski definition) is 5. The van der Waals surface area contributed by atoms with E-state index in [-0.39, 0.29) is 11.6 Å². The predicted molar refractivity (Wildman–Crippen MR) is 102 cm³/mol. The molecule has 142 valence electrons. The van der Waals surface area contributed by atoms with E-state index in [1.165, 1.54) is 35.9 Å². The molecule has 1 saturated heterocycles. The highest BCUT2D eigenvalue weighted by Gasteiger charge is 2.23. The smallest absolute Gasteiger partial charge is 0.279 e. The van der Waals surface area contributed by atoms with E-state index >= 15 is 0 Å². The number of benzene rings is 2. The molecule has 0 spiro atoms. The number of ether oxygens (including phenoxy) is 1. The number of carbonyl (C=O) groups is 1. The van der Waals surface area contributed by atoms with Crippen molar-refractivity contribution in [2.45, 2.75) is 0 Å². The van der Waals surface area contributed by atoms with Crippen LogP contribution in [0.2, 0.25) is 0 Å². The van der Waals surface area contributed by atoms with Gasteiger partial charge in [0.2, 0.25) is 0 Å². The summed E-state index contributed by atoms with van der Waals surface area (Å²) in [6.45, 7) is 3.79. The molecule has 1 heterocycles. The maximum Gasteiger partial charge on any atom is 0.279 e. The lowest BCUT2D eigenvalue weighted by atomic mass is 10.2. The second-order valence-electron chi connectivity index (χ2n) is 6.44. The van der Waals surface area contributed by atoms with Gasteiger partial charge in [0, 0.05) is 17.8 Å². The largest absolute Gasteiger partial charge is 0.495 e. The topological polar surface area (TPSA) is 89.1 Å². The van der Waals surface area contributed by atoms with E-state index < -0.39 is 4.92 Å². The number of nitrogens with one attached hydrogen (secondary N) is 2. The summed E-state index contributed by atoms with van der Waals surface area (Å²) in [6, 6.07) is 14.4. The summed E-state index contributed by atoms with van der Waals surface area (Å²) in [5.41, 5.74) is 1.43. The quantitative estimate of drug-likeness (QED) is 0.583. The fourth-order valence-electron chi connectivity index (χ4n) is 3.23. The second kappa shape index (κ2) is 8.50. The van der Waals surface area contributed by atoms with Crippen LogP contribution in [-0.2, 0) is 4.79 Å². The standard InChI is InChI=1S/C19H22N4O4/c1-27-18-8-7-16(23(25)26)13-17(18)20-19(24)14-21-9-11-22(12-10-21)15-5-3-2-4-6-15/h2-8,13H,9-12,14H2,1H3,(H,20,24)/p+1. The molecular weight excluding hydrogens is 348 g/mol. The van der Waals surface area contributed by atoms with Crippen LogP contribution in [0.15, 0.2) is 48.5 Å². The first-order valence-corrected chi connectivity index (χ1v) is 8.82. The normalized spacial score (nSPS) is 14.6. The molecule has 0 aromatic heterocycles. The van der Waals surface area contributed by atoms with Gasteiger partial charge in [0.1, 0.15) is 5.75 Å². The van der Waals surface area contributed by atoms with Crippen LogP contribution in [0.4, 0.5) is 17.1 Å². The van der Waals surface area contributed by atoms with Gasteiger partial charge >= 0.3 is 0 Å². The number of quaternary nitrogens is 1. The average molecular weight is 371 g/mol. The van der Waals surface area contributed by atoms with Crippen LogP contribution in [0, 0.1) is 10.1 Å². The molecule has 0 bridgehead atoms. The Labute approximate surface area is 157 Å². The zero-order valence-corrected chi connectivity index (χ0v) is 15.2. The molecule has 2 aromatic carbocycles. The van der Waals surface area contributed by atoms with Gasteiger partial charge in [-0.2, -0.15) is 0 Å². The van der Waals surface area contributed by atoms with Crippen molar-refractivity contribution in [3.63, 3.8) is 0 Å². The van der Waals surface area contributed by atoms with Crippen molar-refractivity contribution in [3.05, 3.63) is 58.6 Å². The van der Waals surface area contributed by atoms with E-state index in [1.54, 1.807) is 0 Å². The minimum absolute atomic E-state index is 0.0880. The van der Waals surface area contributed by atoms with E-state index in [9.17, 15) is 14.9 Å². The molecule has 8 nitrogen and oxygen atoms in total. The number of carbonyl (C=O) groups excluding carboxylic acids is 1. The van der Waals surface area contributed by atoms with Crippen molar-refractivity contribution < 1.29 is 19.4 Å². The van der Waals surface area contributed by atoms with Gasteiger partial charge in [-0.1, -0.05) is 18.2 Å². The Morgan fingerprint density at radius 3 is 2.56 bits per heavy atom. The van der Waals surface area contributed by atoms with Crippen LogP contribution in [0.25, 0.3) is 0 Å². The summed E-state index contributed by atoms with van der Waals surface area (Å²) in [5.74, 6) is 0.217. The van der Waals surface area contributed by atoms with E-state index in [0.29, 0.717) is 18.0 Å². The summed E-state index contributed by atoms with van der Waals surface area (Å²) in [5, 5.41) is 13.7. The molecule has 1 fully saturated rings. The molecule has 27 heavy (non-hydrogen) atoms. The highest BCUT2D eigenvalue weighted by atomic mass is 16.6. The Kier molecular flexibility index (Phi) is 5.87. The predicted octanol–water partition coefficient (Wildman–Crippen LogP) is 0.947. The molecular formula is C19H23N4O4+. The minimum atomic E-state index is -0.497. The number of piperazine rings is 1. The SMILES string of the molecule is COc1ccc([N+](=O)[O-])cc1NC(=O)C[NH+]1CCN(c2ccccc2)CC1. The van der Waals surface area contributed by atoms with Gasteiger partial charge in [-0.25, -0.2) is 0 Å². The second-order valence-corrected chi connectivity index (χ2v) is 6.44. The molecule has 3 rings (SSSR count). The molecule has 0 aliphatic carbocycles. The fraction of sp³-hybridized carbons (Fsp3) is 0.316. The van der Waals surface area contributed by atoms with Gasteiger partial charge in [-0.15, -0.1) is 0 Å². The highest BCUT2D eigenvalue weighted by Crippen LogP contribution is 2.28. The molecule has 0 radical (unpaired) electrons. The van der Waals surface area contributed by atoms with Crippen molar-refractivity contribution >= 4 is 23.0 Å². The van der Waals surface area contributed by atoms with Gasteiger partial charge in [-0.3, -0.25) is 14.9 Å². The van der Waals surface area contributed by atoms with E-state index in [0.717, 1.165) is 26.2 Å². The molecule has 1 amide bonds. The number of nitrogens with zero attached hydrogens (tertiary/aromatic N) is 2. The Morgan fingerprint density at radius 2 is 1.93 bits per heavy atom. The van der Waals surface area contributed by atoms with Gasteiger partial charge < -0.3 is 19.9 Å². The number of nitro groups is 1. The third-order valence-corrected chi connectivity index (χ3v) is 4.67. The highest BCUT2D eigenvalue weighted by molar-refractivity contribution is 5.93. The lowest BCUT2D eigenvalue weighted by Gasteiger charge is -2.33. The monoisotopic (exact) mass is 371 g/mol. The summed E-state index contributed by atoms with van der Waals surface area (Å²) < 4.78 is 5.18. The molecule has 1 aliphatic heterocycles. The third-order valence-electron chi connectivity index (χ3n) is 4.67. The van der Waals surface area contributed by atoms with E-state index in [1.807, 2.05) is 18.2 Å². The van der Waals surface area contributed by atoms with E-state index in [4.69, 9.17) is 4.74 Å². The van der Waals surface area contributed by atoms with Crippen LogP contribution in [0.5, 0.6) is 5.75 Å². The number of nitro benzene ring substituents is 1. The fourth-order valence-corrected chi connectivity index (χ4v) is 3.23. The van der Waals surface area contributed by atoms with Crippen molar-refractivity contribution in [3.8, 4) is 5.75 Å². The lowest BCUT2D eigenvalue weighted by molar-refractivity contribution is -0.892. The number of methoxy groups -OCH3 is 1.